The van der Waals surface area contributed by atoms with Crippen LogP contribution in [-0.4, -0.2) is 5.91 Å². The van der Waals surface area contributed by atoms with Gasteiger partial charge >= 0.3 is 0 Å². The molecule has 2 aromatic carbocycles. The van der Waals surface area contributed by atoms with Crippen LogP contribution in [0.15, 0.2) is 42.5 Å². The second-order valence-corrected chi connectivity index (χ2v) is 4.01. The molecule has 3 N–H and O–H groups in total. The van der Waals surface area contributed by atoms with Crippen LogP contribution in [0.4, 0.5) is 15.8 Å². The standard InChI is InChI=1S/C14H13FN2O/c1-9-8-10(6-7-12(9)16)14(18)17-13-5-3-2-4-11(13)15/h2-8H,16H2,1H3,(H,17,18). The maximum atomic E-state index is 13.4. The summed E-state index contributed by atoms with van der Waals surface area (Å²) in [5, 5.41) is 2.52. The monoisotopic (exact) mass is 244 g/mol. The quantitative estimate of drug-likeness (QED) is 0.798. The van der Waals surface area contributed by atoms with E-state index in [0.717, 1.165) is 5.56 Å². The fraction of sp³-hybridized carbons (Fsp3) is 0.0714. The van der Waals surface area contributed by atoms with Crippen molar-refractivity contribution in [1.29, 1.82) is 0 Å². The Morgan fingerprint density at radius 2 is 1.94 bits per heavy atom. The first kappa shape index (κ1) is 12.1. The van der Waals surface area contributed by atoms with Crippen molar-refractivity contribution in [3.63, 3.8) is 0 Å². The molecule has 0 saturated carbocycles. The smallest absolute Gasteiger partial charge is 0.255 e. The van der Waals surface area contributed by atoms with Gasteiger partial charge in [-0.15, -0.1) is 0 Å². The number of aryl methyl sites for hydroxylation is 1. The van der Waals surface area contributed by atoms with E-state index in [2.05, 4.69) is 5.32 Å². The van der Waals surface area contributed by atoms with Crippen LogP contribution in [0.5, 0.6) is 0 Å². The van der Waals surface area contributed by atoms with Gasteiger partial charge in [0.15, 0.2) is 0 Å². The van der Waals surface area contributed by atoms with Crippen LogP contribution < -0.4 is 11.1 Å². The number of nitrogens with one attached hydrogen (secondary N) is 1. The van der Waals surface area contributed by atoms with E-state index in [-0.39, 0.29) is 11.6 Å². The molecule has 92 valence electrons. The van der Waals surface area contributed by atoms with Gasteiger partial charge in [-0.1, -0.05) is 12.1 Å². The molecule has 0 aliphatic rings. The molecule has 0 aliphatic heterocycles. The SMILES string of the molecule is Cc1cc(C(=O)Nc2ccccc2F)ccc1N. The molecule has 0 aromatic heterocycles. The van der Waals surface area contributed by atoms with Gasteiger partial charge in [0.2, 0.25) is 0 Å². The van der Waals surface area contributed by atoms with Crippen molar-refractivity contribution in [2.45, 2.75) is 6.92 Å². The zero-order valence-corrected chi connectivity index (χ0v) is 9.91. The van der Waals surface area contributed by atoms with E-state index in [4.69, 9.17) is 5.73 Å². The van der Waals surface area contributed by atoms with Crippen molar-refractivity contribution >= 4 is 17.3 Å². The molecule has 4 heteroatoms. The summed E-state index contributed by atoms with van der Waals surface area (Å²) in [6.45, 7) is 1.81. The van der Waals surface area contributed by atoms with E-state index >= 15 is 0 Å². The lowest BCUT2D eigenvalue weighted by molar-refractivity contribution is 0.102. The van der Waals surface area contributed by atoms with Crippen LogP contribution in [0.1, 0.15) is 15.9 Å². The number of anilines is 2. The number of hydrogen-bond donors (Lipinski definition) is 2. The normalized spacial score (nSPS) is 10.1. The average molecular weight is 244 g/mol. The molecule has 2 rings (SSSR count). The topological polar surface area (TPSA) is 55.1 Å². The molecule has 1 amide bonds. The molecule has 0 fully saturated rings. The van der Waals surface area contributed by atoms with E-state index in [1.807, 2.05) is 6.92 Å². The minimum Gasteiger partial charge on any atom is -0.399 e. The molecule has 0 atom stereocenters. The molecule has 3 nitrogen and oxygen atoms in total. The van der Waals surface area contributed by atoms with E-state index in [0.29, 0.717) is 11.3 Å². The molecule has 0 radical (unpaired) electrons. The summed E-state index contributed by atoms with van der Waals surface area (Å²) >= 11 is 0. The zero-order chi connectivity index (χ0) is 13.1. The first-order chi connectivity index (χ1) is 8.58. The van der Waals surface area contributed by atoms with Crippen LogP contribution in [-0.2, 0) is 0 Å². The number of amides is 1. The number of benzene rings is 2. The summed E-state index contributed by atoms with van der Waals surface area (Å²) in [5.74, 6) is -0.818. The van der Waals surface area contributed by atoms with Gasteiger partial charge in [0, 0.05) is 11.3 Å². The zero-order valence-electron chi connectivity index (χ0n) is 9.91. The van der Waals surface area contributed by atoms with E-state index in [9.17, 15) is 9.18 Å². The van der Waals surface area contributed by atoms with Crippen LogP contribution in [0, 0.1) is 12.7 Å². The lowest BCUT2D eigenvalue weighted by Gasteiger charge is -2.07. The summed E-state index contributed by atoms with van der Waals surface area (Å²) in [4.78, 5) is 11.9. The van der Waals surface area contributed by atoms with Crippen LogP contribution in [0.3, 0.4) is 0 Å². The largest absolute Gasteiger partial charge is 0.399 e. The fourth-order valence-corrected chi connectivity index (χ4v) is 1.57. The van der Waals surface area contributed by atoms with E-state index in [1.54, 1.807) is 30.3 Å². The van der Waals surface area contributed by atoms with Crippen molar-refractivity contribution < 1.29 is 9.18 Å². The van der Waals surface area contributed by atoms with Gasteiger partial charge in [-0.2, -0.15) is 0 Å². The summed E-state index contributed by atoms with van der Waals surface area (Å²) in [6.07, 6.45) is 0. The lowest BCUT2D eigenvalue weighted by Crippen LogP contribution is -2.13. The Bertz CT molecular complexity index is 596. The Kier molecular flexibility index (Phi) is 3.28. The Labute approximate surface area is 104 Å². The number of rotatable bonds is 2. The van der Waals surface area contributed by atoms with Gasteiger partial charge in [0.25, 0.3) is 5.91 Å². The number of carbonyl (C=O) groups is 1. The second-order valence-electron chi connectivity index (χ2n) is 4.01. The molecule has 2 aromatic rings. The summed E-state index contributed by atoms with van der Waals surface area (Å²) in [6, 6.07) is 11.0. The molecule has 0 saturated heterocycles. The Hall–Kier alpha value is -2.36. The van der Waals surface area contributed by atoms with Gasteiger partial charge < -0.3 is 11.1 Å². The fourth-order valence-electron chi connectivity index (χ4n) is 1.57. The third kappa shape index (κ3) is 2.48. The van der Waals surface area contributed by atoms with Gasteiger partial charge in [0.1, 0.15) is 5.82 Å². The highest BCUT2D eigenvalue weighted by atomic mass is 19.1. The van der Waals surface area contributed by atoms with Crippen molar-refractivity contribution in [2.24, 2.45) is 0 Å². The first-order valence-electron chi connectivity index (χ1n) is 5.50. The number of nitrogens with two attached hydrogens (primary N) is 1. The Morgan fingerprint density at radius 3 is 2.61 bits per heavy atom. The lowest BCUT2D eigenvalue weighted by atomic mass is 10.1. The maximum Gasteiger partial charge on any atom is 0.255 e. The molecule has 18 heavy (non-hydrogen) atoms. The highest BCUT2D eigenvalue weighted by Gasteiger charge is 2.09. The highest BCUT2D eigenvalue weighted by molar-refractivity contribution is 6.04. The predicted molar refractivity (Wildman–Crippen MR) is 69.9 cm³/mol. The summed E-state index contributed by atoms with van der Waals surface area (Å²) < 4.78 is 13.4. The van der Waals surface area contributed by atoms with Crippen LogP contribution in [0.25, 0.3) is 0 Å². The van der Waals surface area contributed by atoms with Crippen molar-refractivity contribution in [3.8, 4) is 0 Å². The molecular weight excluding hydrogens is 231 g/mol. The summed E-state index contributed by atoms with van der Waals surface area (Å²) in [5.41, 5.74) is 7.73. The first-order valence-corrected chi connectivity index (χ1v) is 5.50. The maximum absolute atomic E-state index is 13.4. The van der Waals surface area contributed by atoms with Crippen molar-refractivity contribution in [3.05, 3.63) is 59.4 Å². The Balaban J connectivity index is 2.22. The van der Waals surface area contributed by atoms with E-state index < -0.39 is 5.82 Å². The minimum absolute atomic E-state index is 0.164. The summed E-state index contributed by atoms with van der Waals surface area (Å²) in [7, 11) is 0. The van der Waals surface area contributed by atoms with E-state index in [1.165, 1.54) is 12.1 Å². The highest BCUT2D eigenvalue weighted by Crippen LogP contribution is 2.16. The molecule has 0 aliphatic carbocycles. The van der Waals surface area contributed by atoms with Gasteiger partial charge in [-0.3, -0.25) is 4.79 Å². The molecule has 0 heterocycles. The van der Waals surface area contributed by atoms with Gasteiger partial charge in [-0.05, 0) is 42.8 Å². The van der Waals surface area contributed by atoms with Crippen molar-refractivity contribution in [2.75, 3.05) is 11.1 Å². The number of carbonyl (C=O) groups excluding carboxylic acids is 1. The number of halogens is 1. The van der Waals surface area contributed by atoms with Crippen molar-refractivity contribution in [1.82, 2.24) is 0 Å². The molecular formula is C14H13FN2O. The minimum atomic E-state index is -0.460. The second kappa shape index (κ2) is 4.87. The molecule has 0 spiro atoms. The Morgan fingerprint density at radius 1 is 1.22 bits per heavy atom. The van der Waals surface area contributed by atoms with Crippen LogP contribution >= 0.6 is 0 Å². The number of nitrogen functional groups attached to an aromatic ring is 1. The third-order valence-corrected chi connectivity index (χ3v) is 2.65. The van der Waals surface area contributed by atoms with Crippen LogP contribution in [0.2, 0.25) is 0 Å². The van der Waals surface area contributed by atoms with Gasteiger partial charge in [-0.25, -0.2) is 4.39 Å². The van der Waals surface area contributed by atoms with Gasteiger partial charge in [0.05, 0.1) is 5.69 Å². The molecule has 0 unspecified atom stereocenters. The average Bonchev–Trinajstić information content (AvgIpc) is 2.35. The third-order valence-electron chi connectivity index (χ3n) is 2.65. The number of para-hydroxylation sites is 1. The number of hydrogen-bond acceptors (Lipinski definition) is 2. The predicted octanol–water partition coefficient (Wildman–Crippen LogP) is 2.97. The molecule has 0 bridgehead atoms.